The SMILES string of the molecule is CCN(CC)c1n[c]nc(F)n1. The van der Waals surface area contributed by atoms with E-state index in [-0.39, 0.29) is 0 Å². The number of halogens is 1. The van der Waals surface area contributed by atoms with E-state index >= 15 is 0 Å². The Morgan fingerprint density at radius 1 is 1.33 bits per heavy atom. The standard InChI is InChI=1S/C7H10FN4/c1-3-12(4-2)7-10-5-9-6(8)11-7/h3-4H2,1-2H3. The maximum Gasteiger partial charge on any atom is 0.314 e. The summed E-state index contributed by atoms with van der Waals surface area (Å²) in [6.45, 7) is 5.39. The highest BCUT2D eigenvalue weighted by Gasteiger charge is 2.05. The molecule has 65 valence electrons. The molecule has 1 rings (SSSR count). The molecule has 0 spiro atoms. The van der Waals surface area contributed by atoms with Crippen LogP contribution in [0.15, 0.2) is 0 Å². The Morgan fingerprint density at radius 2 is 2.00 bits per heavy atom. The van der Waals surface area contributed by atoms with Crippen LogP contribution in [0.5, 0.6) is 0 Å². The predicted molar refractivity (Wildman–Crippen MR) is 42.2 cm³/mol. The topological polar surface area (TPSA) is 41.9 Å². The zero-order valence-corrected chi connectivity index (χ0v) is 7.08. The second-order valence-corrected chi connectivity index (χ2v) is 2.18. The summed E-state index contributed by atoms with van der Waals surface area (Å²) >= 11 is 0. The van der Waals surface area contributed by atoms with Crippen LogP contribution in [0.2, 0.25) is 0 Å². The van der Waals surface area contributed by atoms with E-state index in [4.69, 9.17) is 0 Å². The minimum Gasteiger partial charge on any atom is -0.341 e. The fraction of sp³-hybridized carbons (Fsp3) is 0.571. The van der Waals surface area contributed by atoms with Crippen molar-refractivity contribution in [2.24, 2.45) is 0 Å². The van der Waals surface area contributed by atoms with Crippen molar-refractivity contribution in [1.82, 2.24) is 15.0 Å². The molecule has 0 saturated heterocycles. The number of hydrogen-bond acceptors (Lipinski definition) is 4. The molecule has 12 heavy (non-hydrogen) atoms. The summed E-state index contributed by atoms with van der Waals surface area (Å²) in [5.74, 6) is 0.340. The van der Waals surface area contributed by atoms with E-state index in [2.05, 4.69) is 21.3 Å². The molecule has 1 heterocycles. The molecule has 0 aliphatic rings. The van der Waals surface area contributed by atoms with Crippen molar-refractivity contribution in [1.29, 1.82) is 0 Å². The van der Waals surface area contributed by atoms with Gasteiger partial charge in [0.15, 0.2) is 0 Å². The average Bonchev–Trinajstić information content (AvgIpc) is 2.07. The van der Waals surface area contributed by atoms with Gasteiger partial charge in [-0.05, 0) is 13.8 Å². The second kappa shape index (κ2) is 3.94. The highest BCUT2D eigenvalue weighted by Crippen LogP contribution is 2.03. The first-order valence-electron chi connectivity index (χ1n) is 3.80. The zero-order valence-electron chi connectivity index (χ0n) is 7.08. The highest BCUT2D eigenvalue weighted by molar-refractivity contribution is 5.26. The lowest BCUT2D eigenvalue weighted by molar-refractivity contribution is 0.528. The van der Waals surface area contributed by atoms with Crippen LogP contribution in [-0.4, -0.2) is 28.0 Å². The van der Waals surface area contributed by atoms with Crippen molar-refractivity contribution in [3.8, 4) is 0 Å². The van der Waals surface area contributed by atoms with Crippen LogP contribution in [0.3, 0.4) is 0 Å². The smallest absolute Gasteiger partial charge is 0.314 e. The van der Waals surface area contributed by atoms with E-state index in [1.54, 1.807) is 0 Å². The van der Waals surface area contributed by atoms with Gasteiger partial charge in [-0.3, -0.25) is 0 Å². The van der Waals surface area contributed by atoms with Gasteiger partial charge in [-0.2, -0.15) is 19.3 Å². The summed E-state index contributed by atoms with van der Waals surface area (Å²) in [5.41, 5.74) is 0. The molecule has 0 aliphatic heterocycles. The van der Waals surface area contributed by atoms with Gasteiger partial charge in [0.1, 0.15) is 0 Å². The number of rotatable bonds is 3. The quantitative estimate of drug-likeness (QED) is 0.666. The molecule has 1 aromatic heterocycles. The van der Waals surface area contributed by atoms with Gasteiger partial charge in [0.05, 0.1) is 0 Å². The minimum atomic E-state index is -0.785. The average molecular weight is 169 g/mol. The van der Waals surface area contributed by atoms with E-state index < -0.39 is 6.08 Å². The highest BCUT2D eigenvalue weighted by atomic mass is 19.1. The molecule has 0 atom stereocenters. The third-order valence-corrected chi connectivity index (χ3v) is 1.53. The van der Waals surface area contributed by atoms with Crippen molar-refractivity contribution in [3.63, 3.8) is 0 Å². The van der Waals surface area contributed by atoms with E-state index in [9.17, 15) is 4.39 Å². The molecule has 0 unspecified atom stereocenters. The van der Waals surface area contributed by atoms with Gasteiger partial charge in [0, 0.05) is 13.1 Å². The van der Waals surface area contributed by atoms with E-state index in [0.29, 0.717) is 5.95 Å². The maximum atomic E-state index is 12.5. The van der Waals surface area contributed by atoms with Gasteiger partial charge in [-0.25, -0.2) is 0 Å². The number of hydrogen-bond donors (Lipinski definition) is 0. The van der Waals surface area contributed by atoms with E-state index in [0.717, 1.165) is 13.1 Å². The molecule has 0 saturated carbocycles. The fourth-order valence-electron chi connectivity index (χ4n) is 0.891. The normalized spacial score (nSPS) is 9.92. The molecule has 0 aromatic carbocycles. The van der Waals surface area contributed by atoms with Crippen molar-refractivity contribution >= 4 is 5.95 Å². The van der Waals surface area contributed by atoms with Gasteiger partial charge in [-0.1, -0.05) is 0 Å². The third kappa shape index (κ3) is 1.87. The monoisotopic (exact) mass is 169 g/mol. The molecule has 0 amide bonds. The Morgan fingerprint density at radius 3 is 2.50 bits per heavy atom. The Balaban J connectivity index is 2.85. The molecule has 1 aromatic rings. The molecular formula is C7H10FN4. The van der Waals surface area contributed by atoms with Crippen LogP contribution in [0, 0.1) is 12.4 Å². The minimum absolute atomic E-state index is 0.340. The molecule has 0 bridgehead atoms. The summed E-state index contributed by atoms with van der Waals surface area (Å²) in [7, 11) is 0. The maximum absolute atomic E-state index is 12.5. The molecule has 4 nitrogen and oxygen atoms in total. The largest absolute Gasteiger partial charge is 0.341 e. The fourth-order valence-corrected chi connectivity index (χ4v) is 0.891. The lowest BCUT2D eigenvalue weighted by Gasteiger charge is -2.16. The molecule has 0 fully saturated rings. The van der Waals surface area contributed by atoms with Crippen molar-refractivity contribution in [2.45, 2.75) is 13.8 Å². The second-order valence-electron chi connectivity index (χ2n) is 2.18. The summed E-state index contributed by atoms with van der Waals surface area (Å²) < 4.78 is 12.5. The van der Waals surface area contributed by atoms with Gasteiger partial charge in [0.25, 0.3) is 0 Å². The number of nitrogens with zero attached hydrogens (tertiary/aromatic N) is 4. The van der Waals surface area contributed by atoms with E-state index in [1.165, 1.54) is 0 Å². The van der Waals surface area contributed by atoms with Gasteiger partial charge < -0.3 is 4.90 Å². The van der Waals surface area contributed by atoms with Crippen molar-refractivity contribution in [2.75, 3.05) is 18.0 Å². The first-order valence-corrected chi connectivity index (χ1v) is 3.80. The summed E-state index contributed by atoms with van der Waals surface area (Å²) in [4.78, 5) is 12.2. The van der Waals surface area contributed by atoms with Crippen LogP contribution < -0.4 is 4.90 Å². The lowest BCUT2D eigenvalue weighted by Crippen LogP contribution is -2.24. The van der Waals surface area contributed by atoms with Gasteiger partial charge >= 0.3 is 6.08 Å². The molecule has 0 N–H and O–H groups in total. The predicted octanol–water partition coefficient (Wildman–Crippen LogP) is 0.657. The van der Waals surface area contributed by atoms with Crippen molar-refractivity contribution in [3.05, 3.63) is 12.4 Å². The first-order chi connectivity index (χ1) is 5.77. The molecule has 0 aliphatic carbocycles. The van der Waals surface area contributed by atoms with E-state index in [1.807, 2.05) is 18.7 Å². The third-order valence-electron chi connectivity index (χ3n) is 1.53. The van der Waals surface area contributed by atoms with Crippen LogP contribution in [-0.2, 0) is 0 Å². The molecule has 1 radical (unpaired) electrons. The Hall–Kier alpha value is -1.26. The first kappa shape index (κ1) is 8.83. The Labute approximate surface area is 70.5 Å². The van der Waals surface area contributed by atoms with Crippen LogP contribution in [0.25, 0.3) is 0 Å². The summed E-state index contributed by atoms with van der Waals surface area (Å²) in [5, 5.41) is 0. The number of aromatic nitrogens is 3. The van der Waals surface area contributed by atoms with Crippen molar-refractivity contribution < 1.29 is 4.39 Å². The molecule has 5 heteroatoms. The van der Waals surface area contributed by atoms with Crippen LogP contribution in [0.1, 0.15) is 13.8 Å². The Bertz CT molecular complexity index is 249. The number of anilines is 1. The van der Waals surface area contributed by atoms with Gasteiger partial charge in [0.2, 0.25) is 12.3 Å². The lowest BCUT2D eigenvalue weighted by atomic mass is 10.5. The summed E-state index contributed by atoms with van der Waals surface area (Å²) in [6.07, 6.45) is 1.41. The van der Waals surface area contributed by atoms with Crippen LogP contribution >= 0.6 is 0 Å². The zero-order chi connectivity index (χ0) is 8.97. The summed E-state index contributed by atoms with van der Waals surface area (Å²) in [6, 6.07) is 0. The molecular weight excluding hydrogens is 159 g/mol. The van der Waals surface area contributed by atoms with Gasteiger partial charge in [-0.15, -0.1) is 0 Å². The Kier molecular flexibility index (Phi) is 2.90. The van der Waals surface area contributed by atoms with Crippen LogP contribution in [0.4, 0.5) is 10.3 Å².